The van der Waals surface area contributed by atoms with Gasteiger partial charge < -0.3 is 28.4 Å². The van der Waals surface area contributed by atoms with Gasteiger partial charge in [0.15, 0.2) is 12.2 Å². The lowest BCUT2D eigenvalue weighted by molar-refractivity contribution is -0.185. The Kier molecular flexibility index (Phi) is 20.4. The van der Waals surface area contributed by atoms with Crippen molar-refractivity contribution in [3.8, 4) is 11.5 Å². The monoisotopic (exact) mass is 803 g/mol. The van der Waals surface area contributed by atoms with Crippen LogP contribution in [0.25, 0.3) is 0 Å². The van der Waals surface area contributed by atoms with E-state index in [2.05, 4.69) is 52.0 Å². The van der Waals surface area contributed by atoms with Gasteiger partial charge in [0, 0.05) is 0 Å². The molecule has 0 amide bonds. The highest BCUT2D eigenvalue weighted by atomic mass is 16.6. The molecule has 0 heterocycles. The first kappa shape index (κ1) is 47.1. The fourth-order valence-corrected chi connectivity index (χ4v) is 9.11. The minimum atomic E-state index is -1.33. The van der Waals surface area contributed by atoms with Gasteiger partial charge in [0.25, 0.3) is 0 Å². The average Bonchev–Trinajstić information content (AvgIpc) is 3.24. The Morgan fingerprint density at radius 3 is 1.26 bits per heavy atom. The number of rotatable bonds is 25. The van der Waals surface area contributed by atoms with Crippen molar-refractivity contribution in [1.29, 1.82) is 0 Å². The summed E-state index contributed by atoms with van der Waals surface area (Å²) in [4.78, 5) is 26.4. The van der Waals surface area contributed by atoms with Crippen molar-refractivity contribution in [3.63, 3.8) is 0 Å². The van der Waals surface area contributed by atoms with E-state index in [4.69, 9.17) is 28.4 Å². The summed E-state index contributed by atoms with van der Waals surface area (Å²) in [7, 11) is 0. The van der Waals surface area contributed by atoms with Crippen molar-refractivity contribution < 1.29 is 38.0 Å². The van der Waals surface area contributed by atoms with Crippen molar-refractivity contribution >= 4 is 11.9 Å². The molecule has 2 saturated carbocycles. The number of ether oxygens (including phenoxy) is 6. The van der Waals surface area contributed by atoms with Crippen molar-refractivity contribution in [1.82, 2.24) is 0 Å². The highest BCUT2D eigenvalue weighted by molar-refractivity contribution is 5.85. The molecule has 2 unspecified atom stereocenters. The smallest absolute Gasteiger partial charge is 0.338 e. The maximum Gasteiger partial charge on any atom is 0.338 e. The SMILES string of the molecule is CCCC(C)C1(/C=C/COc2ccc(CO[C@@H](C(=O)OCC)[C@@H](OCc3ccc(OC/C=C/C4(C(C)CCC)CCCCC4)cc3)C(=O)OCC)cc2)CCCCC1. The van der Waals surface area contributed by atoms with Crippen molar-refractivity contribution in [3.05, 3.63) is 84.0 Å². The van der Waals surface area contributed by atoms with Gasteiger partial charge in [0.1, 0.15) is 24.7 Å². The molecule has 0 radical (unpaired) electrons. The van der Waals surface area contributed by atoms with Gasteiger partial charge in [-0.15, -0.1) is 0 Å². The molecule has 58 heavy (non-hydrogen) atoms. The number of allylic oxidation sites excluding steroid dienone is 2. The fourth-order valence-electron chi connectivity index (χ4n) is 9.11. The van der Waals surface area contributed by atoms with Gasteiger partial charge in [0.2, 0.25) is 0 Å². The van der Waals surface area contributed by atoms with Crippen LogP contribution in [0.4, 0.5) is 0 Å². The zero-order valence-corrected chi connectivity index (χ0v) is 36.6. The molecule has 4 atom stereocenters. The van der Waals surface area contributed by atoms with Crippen LogP contribution in [0, 0.1) is 22.7 Å². The van der Waals surface area contributed by atoms with E-state index in [0.717, 1.165) is 22.6 Å². The van der Waals surface area contributed by atoms with Crippen LogP contribution in [0.2, 0.25) is 0 Å². The molecule has 2 aromatic rings. The number of benzene rings is 2. The maximum atomic E-state index is 13.2. The molecule has 0 spiro atoms. The van der Waals surface area contributed by atoms with Crippen molar-refractivity contribution in [2.24, 2.45) is 22.7 Å². The molecule has 0 aliphatic heterocycles. The third-order valence-electron chi connectivity index (χ3n) is 12.6. The summed E-state index contributed by atoms with van der Waals surface area (Å²) in [6, 6.07) is 15.2. The minimum Gasteiger partial charge on any atom is -0.490 e. The van der Waals surface area contributed by atoms with Crippen LogP contribution in [-0.4, -0.2) is 50.6 Å². The lowest BCUT2D eigenvalue weighted by Crippen LogP contribution is -2.45. The third-order valence-corrected chi connectivity index (χ3v) is 12.6. The quantitative estimate of drug-likeness (QED) is 0.0724. The zero-order valence-electron chi connectivity index (χ0n) is 36.6. The van der Waals surface area contributed by atoms with Crippen LogP contribution < -0.4 is 9.47 Å². The molecule has 0 saturated heterocycles. The Labute approximate surface area is 350 Å². The molecule has 4 rings (SSSR count). The van der Waals surface area contributed by atoms with Crippen LogP contribution >= 0.6 is 0 Å². The van der Waals surface area contributed by atoms with E-state index in [0.29, 0.717) is 25.0 Å². The van der Waals surface area contributed by atoms with Crippen LogP contribution in [-0.2, 0) is 41.8 Å². The van der Waals surface area contributed by atoms with E-state index in [1.165, 1.54) is 89.9 Å². The van der Waals surface area contributed by atoms with Gasteiger partial charge in [-0.25, -0.2) is 9.59 Å². The zero-order chi connectivity index (χ0) is 41.6. The van der Waals surface area contributed by atoms with Gasteiger partial charge in [-0.2, -0.15) is 0 Å². The number of carbonyl (C=O) groups excluding carboxylic acids is 2. The van der Waals surface area contributed by atoms with Gasteiger partial charge in [-0.3, -0.25) is 0 Å². The fraction of sp³-hybridized carbons (Fsp3) is 0.640. The number of carbonyl (C=O) groups is 2. The third kappa shape index (κ3) is 14.3. The Morgan fingerprint density at radius 2 is 0.931 bits per heavy atom. The molecule has 8 nitrogen and oxygen atoms in total. The van der Waals surface area contributed by atoms with Crippen molar-refractivity contribution in [2.45, 2.75) is 157 Å². The maximum absolute atomic E-state index is 13.2. The highest BCUT2D eigenvalue weighted by Gasteiger charge is 2.39. The van der Waals surface area contributed by atoms with Crippen LogP contribution in [0.3, 0.4) is 0 Å². The highest BCUT2D eigenvalue weighted by Crippen LogP contribution is 2.46. The lowest BCUT2D eigenvalue weighted by Gasteiger charge is -2.40. The Hall–Kier alpha value is -3.62. The van der Waals surface area contributed by atoms with E-state index in [9.17, 15) is 9.59 Å². The van der Waals surface area contributed by atoms with E-state index in [1.807, 2.05) is 48.5 Å². The summed E-state index contributed by atoms with van der Waals surface area (Å²) < 4.78 is 35.0. The van der Waals surface area contributed by atoms with Gasteiger partial charge in [-0.05, 0) is 97.6 Å². The second-order valence-corrected chi connectivity index (χ2v) is 16.6. The Morgan fingerprint density at radius 1 is 0.569 bits per heavy atom. The summed E-state index contributed by atoms with van der Waals surface area (Å²) in [6.45, 7) is 14.2. The van der Waals surface area contributed by atoms with E-state index >= 15 is 0 Å². The second kappa shape index (κ2) is 25.1. The minimum absolute atomic E-state index is 0.0554. The molecule has 8 heteroatoms. The summed E-state index contributed by atoms with van der Waals surface area (Å²) >= 11 is 0. The molecule has 2 aliphatic carbocycles. The molecule has 322 valence electrons. The first-order valence-electron chi connectivity index (χ1n) is 22.5. The van der Waals surface area contributed by atoms with E-state index < -0.39 is 24.1 Å². The molecule has 2 aromatic carbocycles. The van der Waals surface area contributed by atoms with E-state index in [1.54, 1.807) is 13.8 Å². The standard InChI is InChI=1S/C50H74O8/c1-7-19-39(5)49(29-13-11-14-30-49)33-17-35-55-43-25-21-41(22-26-43)37-57-45(47(51)53-9-3)46(48(52)54-10-4)58-38-42-23-27-44(28-24-42)56-36-18-34-50(40(6)20-8-2)31-15-12-16-32-50/h17-18,21-28,33-34,39-40,45-46H,7-16,19-20,29-32,35-38H2,1-6H3/b33-17+,34-18+/t39?,40?,45-,46-/m1/s1. The number of esters is 2. The number of hydrogen-bond acceptors (Lipinski definition) is 8. The molecule has 0 aromatic heterocycles. The summed E-state index contributed by atoms with van der Waals surface area (Å²) in [5.41, 5.74) is 2.18. The van der Waals surface area contributed by atoms with Gasteiger partial charge in [0.05, 0.1) is 26.4 Å². The van der Waals surface area contributed by atoms with Crippen LogP contribution in [0.1, 0.15) is 143 Å². The number of hydrogen-bond donors (Lipinski definition) is 0. The molecular weight excluding hydrogens is 729 g/mol. The lowest BCUT2D eigenvalue weighted by atomic mass is 9.65. The van der Waals surface area contributed by atoms with Gasteiger partial charge >= 0.3 is 11.9 Å². The second-order valence-electron chi connectivity index (χ2n) is 16.6. The van der Waals surface area contributed by atoms with Gasteiger partial charge in [-0.1, -0.05) is 140 Å². The predicted molar refractivity (Wildman–Crippen MR) is 232 cm³/mol. The van der Waals surface area contributed by atoms with Crippen LogP contribution in [0.15, 0.2) is 72.8 Å². The molecule has 2 aliphatic rings. The summed E-state index contributed by atoms with van der Waals surface area (Å²) in [6.07, 6.45) is 24.4. The average molecular weight is 803 g/mol. The predicted octanol–water partition coefficient (Wildman–Crippen LogP) is 11.9. The van der Waals surface area contributed by atoms with Crippen molar-refractivity contribution in [2.75, 3.05) is 26.4 Å². The molecular formula is C50H74O8. The van der Waals surface area contributed by atoms with Crippen LogP contribution in [0.5, 0.6) is 11.5 Å². The summed E-state index contributed by atoms with van der Waals surface area (Å²) in [5.74, 6) is 1.46. The molecule has 0 bridgehead atoms. The largest absolute Gasteiger partial charge is 0.490 e. The first-order valence-corrected chi connectivity index (χ1v) is 22.5. The molecule has 2 fully saturated rings. The Bertz CT molecular complexity index is 1400. The topological polar surface area (TPSA) is 89.5 Å². The van der Waals surface area contributed by atoms with E-state index in [-0.39, 0.29) is 37.3 Å². The summed E-state index contributed by atoms with van der Waals surface area (Å²) in [5, 5.41) is 0. The Balaban J connectivity index is 1.33. The molecule has 0 N–H and O–H groups in total. The first-order chi connectivity index (χ1) is 28.2. The normalized spacial score (nSPS) is 18.7.